The van der Waals surface area contributed by atoms with Crippen molar-refractivity contribution in [2.75, 3.05) is 6.61 Å². The summed E-state index contributed by atoms with van der Waals surface area (Å²) in [6.07, 6.45) is 0.149. The number of benzene rings is 6. The molecule has 6 aromatic rings. The number of hydrogen-bond donors (Lipinski definition) is 1. The summed E-state index contributed by atoms with van der Waals surface area (Å²) in [4.78, 5) is 0. The Kier molecular flexibility index (Phi) is 13.6. The van der Waals surface area contributed by atoms with Crippen molar-refractivity contribution in [3.05, 3.63) is 185 Å². The molecule has 4 atom stereocenters. The van der Waals surface area contributed by atoms with Crippen LogP contribution in [0.15, 0.2) is 152 Å². The van der Waals surface area contributed by atoms with E-state index in [0.29, 0.717) is 67.8 Å². The second-order valence-electron chi connectivity index (χ2n) is 14.4. The van der Waals surface area contributed by atoms with E-state index in [4.69, 9.17) is 33.2 Å². The second kappa shape index (κ2) is 19.6. The van der Waals surface area contributed by atoms with Crippen LogP contribution in [0.4, 0.5) is 0 Å². The number of ether oxygens (including phenoxy) is 7. The molecule has 1 aliphatic rings. The summed E-state index contributed by atoms with van der Waals surface area (Å²) in [5, 5.41) is 11.7. The van der Waals surface area contributed by atoms with Crippen LogP contribution in [0.2, 0.25) is 0 Å². The van der Waals surface area contributed by atoms with Crippen LogP contribution in [-0.2, 0) is 40.6 Å². The monoisotopic (exact) mass is 780 g/mol. The first-order valence-electron chi connectivity index (χ1n) is 20.1. The summed E-state index contributed by atoms with van der Waals surface area (Å²) in [6.45, 7) is 7.76. The van der Waals surface area contributed by atoms with Crippen molar-refractivity contribution < 1.29 is 38.3 Å². The van der Waals surface area contributed by atoms with Gasteiger partial charge in [-0.25, -0.2) is 0 Å². The van der Waals surface area contributed by atoms with Gasteiger partial charge in [-0.2, -0.15) is 0 Å². The molecule has 1 saturated heterocycles. The first-order chi connectivity index (χ1) is 28.4. The van der Waals surface area contributed by atoms with Gasteiger partial charge < -0.3 is 38.3 Å². The van der Waals surface area contributed by atoms with Crippen molar-refractivity contribution in [1.29, 1.82) is 0 Å². The minimum absolute atomic E-state index is 0.0714. The second-order valence-corrected chi connectivity index (χ2v) is 14.4. The predicted octanol–water partition coefficient (Wildman–Crippen LogP) is 11.5. The minimum Gasteiger partial charge on any atom is -0.507 e. The standard InChI is InChI=1S/C50H52O8/c1-4-43(49-45(51)28-42(53-32-38-20-12-7-13-21-38)30-47(49)55-34-40-24-16-9-17-25-40)48-35-56-50(5-2,58-48)57-36(3)44-27-26-41(52-31-37-18-10-6-11-19-37)29-46(44)54-33-39-22-14-8-15-23-39/h6-30,36,43,48,51H,4-5,31-35H2,1-3H3. The zero-order valence-corrected chi connectivity index (χ0v) is 33.4. The highest BCUT2D eigenvalue weighted by molar-refractivity contribution is 5.52. The van der Waals surface area contributed by atoms with E-state index in [0.717, 1.165) is 27.8 Å². The number of phenolic OH excluding ortho intramolecular Hbond substituents is 1. The average molecular weight is 781 g/mol. The third-order valence-corrected chi connectivity index (χ3v) is 10.3. The Morgan fingerprint density at radius 3 is 1.60 bits per heavy atom. The minimum atomic E-state index is -1.34. The quantitative estimate of drug-likeness (QED) is 0.0870. The molecule has 300 valence electrons. The summed E-state index contributed by atoms with van der Waals surface area (Å²) < 4.78 is 45.2. The summed E-state index contributed by atoms with van der Waals surface area (Å²) in [6, 6.07) is 49.3. The predicted molar refractivity (Wildman–Crippen MR) is 224 cm³/mol. The molecular formula is C50H52O8. The third-order valence-electron chi connectivity index (χ3n) is 10.3. The highest BCUT2D eigenvalue weighted by atomic mass is 16.9. The van der Waals surface area contributed by atoms with Gasteiger partial charge in [0.2, 0.25) is 0 Å². The average Bonchev–Trinajstić information content (AvgIpc) is 3.69. The van der Waals surface area contributed by atoms with Crippen molar-refractivity contribution in [2.45, 2.75) is 84.1 Å². The first kappa shape index (κ1) is 40.4. The lowest BCUT2D eigenvalue weighted by Gasteiger charge is -2.32. The van der Waals surface area contributed by atoms with E-state index in [1.165, 1.54) is 0 Å². The van der Waals surface area contributed by atoms with Crippen LogP contribution in [-0.4, -0.2) is 23.8 Å². The van der Waals surface area contributed by atoms with E-state index >= 15 is 0 Å². The summed E-state index contributed by atoms with van der Waals surface area (Å²) in [7, 11) is 0. The molecule has 8 nitrogen and oxygen atoms in total. The molecule has 6 aromatic carbocycles. The lowest BCUT2D eigenvalue weighted by atomic mass is 9.89. The van der Waals surface area contributed by atoms with E-state index in [1.807, 2.05) is 159 Å². The Labute approximate surface area is 341 Å². The Bertz CT molecular complexity index is 2160. The molecule has 1 heterocycles. The molecule has 1 aliphatic heterocycles. The molecule has 8 heteroatoms. The van der Waals surface area contributed by atoms with E-state index in [-0.39, 0.29) is 18.3 Å². The molecular weight excluding hydrogens is 729 g/mol. The topological polar surface area (TPSA) is 84.8 Å². The fourth-order valence-electron chi connectivity index (χ4n) is 7.20. The molecule has 7 rings (SSSR count). The van der Waals surface area contributed by atoms with Gasteiger partial charge in [0, 0.05) is 41.7 Å². The molecule has 0 saturated carbocycles. The maximum Gasteiger partial charge on any atom is 0.283 e. The lowest BCUT2D eigenvalue weighted by Crippen LogP contribution is -2.35. The molecule has 0 radical (unpaired) electrons. The number of rotatable bonds is 19. The first-order valence-corrected chi connectivity index (χ1v) is 20.1. The SMILES string of the molecule is CCC(c1c(O)cc(OCc2ccccc2)cc1OCc1ccccc1)C1COC(CC)(OC(C)c2ccc(OCc3ccccc3)cc2OCc2ccccc2)O1. The summed E-state index contributed by atoms with van der Waals surface area (Å²) >= 11 is 0. The Hall–Kier alpha value is -5.80. The smallest absolute Gasteiger partial charge is 0.283 e. The Morgan fingerprint density at radius 2 is 1.09 bits per heavy atom. The van der Waals surface area contributed by atoms with E-state index in [1.54, 1.807) is 6.07 Å². The van der Waals surface area contributed by atoms with Gasteiger partial charge in [-0.1, -0.05) is 135 Å². The van der Waals surface area contributed by atoms with Gasteiger partial charge in [-0.15, -0.1) is 0 Å². The van der Waals surface area contributed by atoms with Crippen molar-refractivity contribution in [2.24, 2.45) is 0 Å². The maximum absolute atomic E-state index is 11.7. The van der Waals surface area contributed by atoms with Crippen LogP contribution < -0.4 is 18.9 Å². The number of phenols is 1. The van der Waals surface area contributed by atoms with Crippen molar-refractivity contribution in [3.63, 3.8) is 0 Å². The van der Waals surface area contributed by atoms with Gasteiger partial charge in [0.1, 0.15) is 55.2 Å². The van der Waals surface area contributed by atoms with Crippen LogP contribution in [0.25, 0.3) is 0 Å². The number of hydrogen-bond acceptors (Lipinski definition) is 8. The molecule has 0 bridgehead atoms. The van der Waals surface area contributed by atoms with Crippen LogP contribution in [0.1, 0.15) is 79.0 Å². The summed E-state index contributed by atoms with van der Waals surface area (Å²) in [5.41, 5.74) is 5.62. The van der Waals surface area contributed by atoms with Crippen LogP contribution >= 0.6 is 0 Å². The molecule has 58 heavy (non-hydrogen) atoms. The fraction of sp³-hybridized carbons (Fsp3) is 0.280. The molecule has 4 unspecified atom stereocenters. The molecule has 0 aromatic heterocycles. The maximum atomic E-state index is 11.7. The molecule has 1 fully saturated rings. The van der Waals surface area contributed by atoms with Gasteiger partial charge in [0.25, 0.3) is 5.97 Å². The van der Waals surface area contributed by atoms with Crippen molar-refractivity contribution in [1.82, 2.24) is 0 Å². The van der Waals surface area contributed by atoms with Gasteiger partial charge >= 0.3 is 0 Å². The zero-order valence-electron chi connectivity index (χ0n) is 33.4. The highest BCUT2D eigenvalue weighted by Crippen LogP contribution is 2.47. The third kappa shape index (κ3) is 10.4. The highest BCUT2D eigenvalue weighted by Gasteiger charge is 2.47. The molecule has 0 amide bonds. The lowest BCUT2D eigenvalue weighted by molar-refractivity contribution is -0.355. The van der Waals surface area contributed by atoms with Crippen LogP contribution in [0.3, 0.4) is 0 Å². The Morgan fingerprint density at radius 1 is 0.603 bits per heavy atom. The van der Waals surface area contributed by atoms with Crippen LogP contribution in [0.5, 0.6) is 28.7 Å². The summed E-state index contributed by atoms with van der Waals surface area (Å²) in [5.74, 6) is 0.821. The zero-order chi connectivity index (χ0) is 40.2. The largest absolute Gasteiger partial charge is 0.507 e. The number of aromatic hydroxyl groups is 1. The van der Waals surface area contributed by atoms with Gasteiger partial charge in [-0.3, -0.25) is 0 Å². The van der Waals surface area contributed by atoms with E-state index in [2.05, 4.69) is 6.92 Å². The van der Waals surface area contributed by atoms with Crippen LogP contribution in [0, 0.1) is 0 Å². The normalized spacial score (nSPS) is 17.3. The molecule has 0 aliphatic carbocycles. The molecule has 0 spiro atoms. The van der Waals surface area contributed by atoms with Gasteiger partial charge in [-0.05, 0) is 47.7 Å². The van der Waals surface area contributed by atoms with Crippen molar-refractivity contribution in [3.8, 4) is 28.7 Å². The van der Waals surface area contributed by atoms with Gasteiger partial charge in [0.05, 0.1) is 18.8 Å². The fourth-order valence-corrected chi connectivity index (χ4v) is 7.20. The van der Waals surface area contributed by atoms with E-state index in [9.17, 15) is 5.11 Å². The molecule has 1 N–H and O–H groups in total. The van der Waals surface area contributed by atoms with Gasteiger partial charge in [0.15, 0.2) is 0 Å². The Balaban J connectivity index is 1.10. The van der Waals surface area contributed by atoms with Crippen molar-refractivity contribution >= 4 is 0 Å². The van der Waals surface area contributed by atoms with E-state index < -0.39 is 18.2 Å².